The van der Waals surface area contributed by atoms with Gasteiger partial charge in [0, 0.05) is 39.1 Å². The van der Waals surface area contributed by atoms with Crippen molar-refractivity contribution in [2.75, 3.05) is 33.2 Å². The predicted octanol–water partition coefficient (Wildman–Crippen LogP) is 1.25. The van der Waals surface area contributed by atoms with E-state index in [0.29, 0.717) is 37.8 Å². The Bertz CT molecular complexity index is 866. The maximum Gasteiger partial charge on any atom is 0.272 e. The Labute approximate surface area is 196 Å². The van der Waals surface area contributed by atoms with E-state index in [4.69, 9.17) is 0 Å². The van der Waals surface area contributed by atoms with E-state index < -0.39 is 6.04 Å². The third kappa shape index (κ3) is 5.39. The normalized spacial score (nSPS) is 21.5. The van der Waals surface area contributed by atoms with Crippen LogP contribution in [0, 0.1) is 5.92 Å². The topological polar surface area (TPSA) is 99.6 Å². The van der Waals surface area contributed by atoms with Crippen LogP contribution in [0.3, 0.4) is 0 Å². The van der Waals surface area contributed by atoms with Crippen molar-refractivity contribution >= 4 is 17.7 Å². The van der Waals surface area contributed by atoms with Crippen molar-refractivity contribution in [3.63, 3.8) is 0 Å². The lowest BCUT2D eigenvalue weighted by Crippen LogP contribution is -2.59. The highest BCUT2D eigenvalue weighted by atomic mass is 16.2. The van der Waals surface area contributed by atoms with Crippen molar-refractivity contribution < 1.29 is 14.4 Å². The molecule has 2 saturated carbocycles. The molecule has 182 valence electrons. The van der Waals surface area contributed by atoms with Crippen LogP contribution in [0.15, 0.2) is 6.07 Å². The molecule has 9 nitrogen and oxygen atoms in total. The summed E-state index contributed by atoms with van der Waals surface area (Å²) in [5.41, 5.74) is 1.63. The van der Waals surface area contributed by atoms with Gasteiger partial charge in [0.2, 0.25) is 11.8 Å². The highest BCUT2D eigenvalue weighted by molar-refractivity contribution is 5.93. The molecule has 1 aromatic heterocycles. The highest BCUT2D eigenvalue weighted by Crippen LogP contribution is 2.39. The van der Waals surface area contributed by atoms with E-state index in [-0.39, 0.29) is 29.7 Å². The van der Waals surface area contributed by atoms with Crippen LogP contribution in [0.5, 0.6) is 0 Å². The minimum Gasteiger partial charge on any atom is -0.343 e. The first-order valence-electron chi connectivity index (χ1n) is 12.5. The first-order valence-corrected chi connectivity index (χ1v) is 12.5. The summed E-state index contributed by atoms with van der Waals surface area (Å²) in [7, 11) is 3.57. The quantitative estimate of drug-likeness (QED) is 0.641. The number of carbonyl (C=O) groups is 3. The lowest BCUT2D eigenvalue weighted by atomic mass is 9.83. The number of aromatic nitrogens is 2. The zero-order chi connectivity index (χ0) is 23.5. The summed E-state index contributed by atoms with van der Waals surface area (Å²) in [6.07, 6.45) is 7.62. The number of amides is 3. The van der Waals surface area contributed by atoms with Crippen LogP contribution in [-0.4, -0.2) is 82.6 Å². The molecule has 0 aromatic carbocycles. The van der Waals surface area contributed by atoms with Crippen LogP contribution in [0.2, 0.25) is 0 Å². The molecule has 2 atom stereocenters. The Morgan fingerprint density at radius 3 is 2.24 bits per heavy atom. The SMILES string of the molecule is CN[C@@H](C)C(=O)NC(C(=O)N1CCN(C(=O)c2cc(C3CC3)nn2C)CC1)C1CCCCC1. The number of likely N-dealkylation sites (N-methyl/N-ethyl adjacent to an activating group) is 1. The molecule has 0 bridgehead atoms. The number of hydrogen-bond acceptors (Lipinski definition) is 5. The Morgan fingerprint density at radius 2 is 1.64 bits per heavy atom. The Morgan fingerprint density at radius 1 is 1.00 bits per heavy atom. The van der Waals surface area contributed by atoms with Crippen molar-refractivity contribution in [2.24, 2.45) is 13.0 Å². The van der Waals surface area contributed by atoms with Crippen molar-refractivity contribution in [3.8, 4) is 0 Å². The van der Waals surface area contributed by atoms with Gasteiger partial charge < -0.3 is 20.4 Å². The van der Waals surface area contributed by atoms with Gasteiger partial charge in [-0.15, -0.1) is 0 Å². The molecule has 0 radical (unpaired) electrons. The van der Waals surface area contributed by atoms with E-state index in [1.54, 1.807) is 18.7 Å². The second-order valence-corrected chi connectivity index (χ2v) is 9.86. The van der Waals surface area contributed by atoms with Gasteiger partial charge in [-0.2, -0.15) is 5.10 Å². The van der Waals surface area contributed by atoms with Crippen LogP contribution in [-0.2, 0) is 16.6 Å². The van der Waals surface area contributed by atoms with Crippen molar-refractivity contribution in [2.45, 2.75) is 69.9 Å². The van der Waals surface area contributed by atoms with E-state index in [0.717, 1.165) is 44.2 Å². The van der Waals surface area contributed by atoms with E-state index in [1.807, 2.05) is 22.9 Å². The molecular weight excluding hydrogens is 420 g/mol. The van der Waals surface area contributed by atoms with Gasteiger partial charge in [0.1, 0.15) is 11.7 Å². The fraction of sp³-hybridized carbons (Fsp3) is 0.750. The molecular formula is C24H38N6O3. The van der Waals surface area contributed by atoms with Gasteiger partial charge in [0.15, 0.2) is 0 Å². The van der Waals surface area contributed by atoms with Gasteiger partial charge in [-0.05, 0) is 51.6 Å². The molecule has 2 aliphatic carbocycles. The minimum atomic E-state index is -0.492. The highest BCUT2D eigenvalue weighted by Gasteiger charge is 2.36. The van der Waals surface area contributed by atoms with E-state index in [2.05, 4.69) is 15.7 Å². The van der Waals surface area contributed by atoms with E-state index >= 15 is 0 Å². The average Bonchev–Trinajstić information content (AvgIpc) is 3.63. The maximum atomic E-state index is 13.5. The van der Waals surface area contributed by atoms with Gasteiger partial charge >= 0.3 is 0 Å². The summed E-state index contributed by atoms with van der Waals surface area (Å²) >= 11 is 0. The number of rotatable bonds is 7. The maximum absolute atomic E-state index is 13.5. The molecule has 2 heterocycles. The molecule has 3 aliphatic rings. The largest absolute Gasteiger partial charge is 0.343 e. The monoisotopic (exact) mass is 458 g/mol. The second-order valence-electron chi connectivity index (χ2n) is 9.86. The van der Waals surface area contributed by atoms with Crippen molar-refractivity contribution in [1.82, 2.24) is 30.2 Å². The van der Waals surface area contributed by atoms with Crippen molar-refractivity contribution in [3.05, 3.63) is 17.5 Å². The lowest BCUT2D eigenvalue weighted by molar-refractivity contribution is -0.140. The third-order valence-corrected chi connectivity index (χ3v) is 7.50. The Kier molecular flexibility index (Phi) is 7.36. The smallest absolute Gasteiger partial charge is 0.272 e. The van der Waals surface area contributed by atoms with Crippen LogP contribution in [0.1, 0.15) is 74.0 Å². The summed E-state index contributed by atoms with van der Waals surface area (Å²) < 4.78 is 1.69. The summed E-state index contributed by atoms with van der Waals surface area (Å²) in [5, 5.41) is 10.5. The molecule has 1 aromatic rings. The minimum absolute atomic E-state index is 0.0118. The molecule has 4 rings (SSSR count). The molecule has 1 unspecified atom stereocenters. The summed E-state index contributed by atoms with van der Waals surface area (Å²) in [5.74, 6) is 0.503. The number of piperazine rings is 1. The lowest BCUT2D eigenvalue weighted by Gasteiger charge is -2.39. The average molecular weight is 459 g/mol. The van der Waals surface area contributed by atoms with Crippen molar-refractivity contribution in [1.29, 1.82) is 0 Å². The van der Waals surface area contributed by atoms with Gasteiger partial charge in [0.05, 0.1) is 11.7 Å². The van der Waals surface area contributed by atoms with Gasteiger partial charge in [-0.1, -0.05) is 19.3 Å². The molecule has 1 aliphatic heterocycles. The van der Waals surface area contributed by atoms with Gasteiger partial charge in [0.25, 0.3) is 5.91 Å². The Balaban J connectivity index is 1.38. The van der Waals surface area contributed by atoms with Gasteiger partial charge in [-0.3, -0.25) is 19.1 Å². The van der Waals surface area contributed by atoms with Crippen LogP contribution < -0.4 is 10.6 Å². The third-order valence-electron chi connectivity index (χ3n) is 7.50. The molecule has 33 heavy (non-hydrogen) atoms. The molecule has 3 amide bonds. The summed E-state index contributed by atoms with van der Waals surface area (Å²) in [6.45, 7) is 3.76. The molecule has 3 fully saturated rings. The number of aryl methyl sites for hydroxylation is 1. The zero-order valence-electron chi connectivity index (χ0n) is 20.2. The number of hydrogen-bond donors (Lipinski definition) is 2. The first-order chi connectivity index (χ1) is 15.9. The summed E-state index contributed by atoms with van der Waals surface area (Å²) in [4.78, 5) is 42.8. The fourth-order valence-corrected chi connectivity index (χ4v) is 5.01. The summed E-state index contributed by atoms with van der Waals surface area (Å²) in [6, 6.07) is 1.08. The van der Waals surface area contributed by atoms with E-state index in [9.17, 15) is 14.4 Å². The van der Waals surface area contributed by atoms with Gasteiger partial charge in [-0.25, -0.2) is 0 Å². The fourth-order valence-electron chi connectivity index (χ4n) is 5.01. The van der Waals surface area contributed by atoms with E-state index in [1.165, 1.54) is 6.42 Å². The molecule has 2 N–H and O–H groups in total. The molecule has 1 saturated heterocycles. The number of nitrogens with zero attached hydrogens (tertiary/aromatic N) is 4. The molecule has 0 spiro atoms. The molecule has 9 heteroatoms. The van der Waals surface area contributed by atoms with Crippen LogP contribution in [0.4, 0.5) is 0 Å². The second kappa shape index (κ2) is 10.2. The van der Waals surface area contributed by atoms with Crippen LogP contribution in [0.25, 0.3) is 0 Å². The first kappa shape index (κ1) is 23.7. The standard InChI is InChI=1S/C24H38N6O3/c1-16(25-2)22(31)26-21(18-7-5-4-6-8-18)24(33)30-13-11-29(12-14-30)23(32)20-15-19(17-9-10-17)27-28(20)3/h15-18,21,25H,4-14H2,1-3H3,(H,26,31)/t16-,21?/m0/s1. The number of carbonyl (C=O) groups excluding carboxylic acids is 3. The zero-order valence-corrected chi connectivity index (χ0v) is 20.2. The van der Waals surface area contributed by atoms with Crippen LogP contribution >= 0.6 is 0 Å². The predicted molar refractivity (Wildman–Crippen MR) is 125 cm³/mol. The Hall–Kier alpha value is -2.42. The number of nitrogens with one attached hydrogen (secondary N) is 2.